The van der Waals surface area contributed by atoms with E-state index in [2.05, 4.69) is 22.4 Å². The van der Waals surface area contributed by atoms with Crippen LogP contribution in [0.2, 0.25) is 0 Å². The minimum absolute atomic E-state index is 0.0799. The van der Waals surface area contributed by atoms with Crippen LogP contribution in [0.3, 0.4) is 0 Å². The number of thiophene rings is 1. The van der Waals surface area contributed by atoms with Crippen molar-refractivity contribution in [1.82, 2.24) is 15.5 Å². The molecule has 1 aliphatic carbocycles. The van der Waals surface area contributed by atoms with E-state index in [0.717, 1.165) is 29.8 Å². The molecule has 0 spiro atoms. The highest BCUT2D eigenvalue weighted by molar-refractivity contribution is 7.13. The van der Waals surface area contributed by atoms with Gasteiger partial charge in [0.1, 0.15) is 0 Å². The lowest BCUT2D eigenvalue weighted by molar-refractivity contribution is 0.0852. The summed E-state index contributed by atoms with van der Waals surface area (Å²) in [6.07, 6.45) is 3.20. The summed E-state index contributed by atoms with van der Waals surface area (Å²) in [6, 6.07) is 5.79. The van der Waals surface area contributed by atoms with Crippen LogP contribution in [-0.2, 0) is 0 Å². The molecule has 1 N–H and O–H groups in total. The van der Waals surface area contributed by atoms with Crippen LogP contribution in [-0.4, -0.2) is 21.6 Å². The molecule has 0 aromatic carbocycles. The Kier molecular flexibility index (Phi) is 3.23. The van der Waals surface area contributed by atoms with E-state index >= 15 is 0 Å². The van der Waals surface area contributed by atoms with Gasteiger partial charge in [0.25, 0.3) is 11.6 Å². The van der Waals surface area contributed by atoms with E-state index in [-0.39, 0.29) is 11.4 Å². The van der Waals surface area contributed by atoms with Gasteiger partial charge >= 0.3 is 0 Å². The summed E-state index contributed by atoms with van der Waals surface area (Å²) in [7, 11) is 0. The van der Waals surface area contributed by atoms with Gasteiger partial charge < -0.3 is 9.84 Å². The number of nitrogens with one attached hydrogen (secondary N) is 1. The fourth-order valence-corrected chi connectivity index (χ4v) is 3.68. The zero-order valence-corrected chi connectivity index (χ0v) is 13.9. The molecular weight excluding hydrogens is 310 g/mol. The molecule has 0 aliphatic heterocycles. The number of pyridine rings is 1. The minimum Gasteiger partial charge on any atom is -0.347 e. The summed E-state index contributed by atoms with van der Waals surface area (Å²) in [6.45, 7) is 3.92. The Bertz CT molecular complexity index is 879. The van der Waals surface area contributed by atoms with Gasteiger partial charge in [-0.1, -0.05) is 11.2 Å². The number of carbonyl (C=O) groups is 1. The number of fused-ring (bicyclic) bond motifs is 1. The maximum Gasteiger partial charge on any atom is 0.259 e. The smallest absolute Gasteiger partial charge is 0.259 e. The van der Waals surface area contributed by atoms with Gasteiger partial charge in [0, 0.05) is 5.54 Å². The number of carbonyl (C=O) groups excluding carboxylic acids is 1. The van der Waals surface area contributed by atoms with Crippen molar-refractivity contribution in [2.75, 3.05) is 0 Å². The molecule has 1 aliphatic rings. The normalized spacial score (nSPS) is 16.3. The van der Waals surface area contributed by atoms with Gasteiger partial charge in [-0.25, -0.2) is 4.98 Å². The van der Waals surface area contributed by atoms with Crippen molar-refractivity contribution in [1.29, 1.82) is 0 Å². The second-order valence-electron chi connectivity index (χ2n) is 6.35. The van der Waals surface area contributed by atoms with Crippen LogP contribution in [0.4, 0.5) is 0 Å². The van der Waals surface area contributed by atoms with Crippen LogP contribution < -0.4 is 5.32 Å². The number of hydrogen-bond acceptors (Lipinski definition) is 5. The van der Waals surface area contributed by atoms with E-state index in [9.17, 15) is 4.79 Å². The summed E-state index contributed by atoms with van der Waals surface area (Å²) in [5, 5.41) is 9.82. The third kappa shape index (κ3) is 2.43. The van der Waals surface area contributed by atoms with E-state index in [0.29, 0.717) is 22.4 Å². The monoisotopic (exact) mass is 327 g/mol. The Morgan fingerprint density at radius 1 is 1.43 bits per heavy atom. The Balaban J connectivity index is 1.82. The molecule has 3 aromatic heterocycles. The van der Waals surface area contributed by atoms with E-state index in [1.165, 1.54) is 0 Å². The van der Waals surface area contributed by atoms with Gasteiger partial charge in [-0.3, -0.25) is 4.79 Å². The third-order valence-electron chi connectivity index (χ3n) is 4.51. The number of rotatable bonds is 3. The largest absolute Gasteiger partial charge is 0.347 e. The van der Waals surface area contributed by atoms with Crippen molar-refractivity contribution in [3.63, 3.8) is 0 Å². The summed E-state index contributed by atoms with van der Waals surface area (Å²) < 4.78 is 5.31. The lowest BCUT2D eigenvalue weighted by atomic mass is 9.78. The van der Waals surface area contributed by atoms with Gasteiger partial charge in [0.05, 0.1) is 27.2 Å². The number of nitrogens with zero attached hydrogens (tertiary/aromatic N) is 2. The standard InChI is InChI=1S/C17H17N3O2S/c1-10-14-11(15(21)19-17(2)6-4-7-17)9-12(13-5-3-8-23-13)18-16(14)22-20-10/h3,5,8-9H,4,6-7H2,1-2H3,(H,19,21). The van der Waals surface area contributed by atoms with Crippen molar-refractivity contribution in [3.8, 4) is 10.6 Å². The van der Waals surface area contributed by atoms with Crippen molar-refractivity contribution in [2.45, 2.75) is 38.6 Å². The summed E-state index contributed by atoms with van der Waals surface area (Å²) in [4.78, 5) is 18.4. The van der Waals surface area contributed by atoms with E-state index in [1.54, 1.807) is 11.3 Å². The number of aromatic nitrogens is 2. The molecule has 1 amide bonds. The molecule has 5 nitrogen and oxygen atoms in total. The Hall–Kier alpha value is -2.21. The summed E-state index contributed by atoms with van der Waals surface area (Å²) in [5.74, 6) is -0.0799. The SMILES string of the molecule is Cc1noc2nc(-c3cccs3)cc(C(=O)NC3(C)CCC3)c12. The third-order valence-corrected chi connectivity index (χ3v) is 5.40. The lowest BCUT2D eigenvalue weighted by Gasteiger charge is -2.39. The molecule has 4 rings (SSSR count). The highest BCUT2D eigenvalue weighted by atomic mass is 32.1. The van der Waals surface area contributed by atoms with Crippen LogP contribution in [0.1, 0.15) is 42.2 Å². The number of aryl methyl sites for hydroxylation is 1. The molecule has 1 fully saturated rings. The highest BCUT2D eigenvalue weighted by Gasteiger charge is 2.34. The molecule has 1 saturated carbocycles. The highest BCUT2D eigenvalue weighted by Crippen LogP contribution is 2.33. The Morgan fingerprint density at radius 3 is 2.91 bits per heavy atom. The molecule has 23 heavy (non-hydrogen) atoms. The maximum atomic E-state index is 12.8. The predicted octanol–water partition coefficient (Wildman–Crippen LogP) is 3.93. The molecule has 3 heterocycles. The van der Waals surface area contributed by atoms with Crippen molar-refractivity contribution in [2.24, 2.45) is 0 Å². The topological polar surface area (TPSA) is 68.0 Å². The van der Waals surface area contributed by atoms with Crippen LogP contribution in [0.15, 0.2) is 28.1 Å². The minimum atomic E-state index is -0.0964. The van der Waals surface area contributed by atoms with Gasteiger partial charge in [0.15, 0.2) is 0 Å². The van der Waals surface area contributed by atoms with Gasteiger partial charge in [-0.2, -0.15) is 0 Å². The maximum absolute atomic E-state index is 12.8. The molecule has 0 radical (unpaired) electrons. The average molecular weight is 327 g/mol. The van der Waals surface area contributed by atoms with Crippen LogP contribution >= 0.6 is 11.3 Å². The van der Waals surface area contributed by atoms with Crippen LogP contribution in [0.25, 0.3) is 21.7 Å². The molecule has 0 bridgehead atoms. The quantitative estimate of drug-likeness (QED) is 0.791. The number of hydrogen-bond donors (Lipinski definition) is 1. The zero-order valence-electron chi connectivity index (χ0n) is 13.0. The summed E-state index contributed by atoms with van der Waals surface area (Å²) in [5.41, 5.74) is 2.34. The lowest BCUT2D eigenvalue weighted by Crippen LogP contribution is -2.51. The average Bonchev–Trinajstić information content (AvgIpc) is 3.15. The second-order valence-corrected chi connectivity index (χ2v) is 7.30. The van der Waals surface area contributed by atoms with Crippen molar-refractivity contribution >= 4 is 28.3 Å². The van der Waals surface area contributed by atoms with E-state index in [4.69, 9.17) is 4.52 Å². The zero-order chi connectivity index (χ0) is 16.0. The summed E-state index contributed by atoms with van der Waals surface area (Å²) >= 11 is 1.58. The van der Waals surface area contributed by atoms with E-state index < -0.39 is 0 Å². The first-order chi connectivity index (χ1) is 11.1. The van der Waals surface area contributed by atoms with Gasteiger partial charge in [0.2, 0.25) is 0 Å². The fourth-order valence-electron chi connectivity index (χ4n) is 3.00. The van der Waals surface area contributed by atoms with Crippen LogP contribution in [0.5, 0.6) is 0 Å². The molecule has 6 heteroatoms. The molecule has 3 aromatic rings. The second kappa shape index (κ2) is 5.16. The molecule has 0 saturated heterocycles. The van der Waals surface area contributed by atoms with Crippen LogP contribution in [0, 0.1) is 6.92 Å². The Morgan fingerprint density at radius 2 is 2.26 bits per heavy atom. The van der Waals surface area contributed by atoms with E-state index in [1.807, 2.05) is 30.5 Å². The first-order valence-electron chi connectivity index (χ1n) is 7.69. The number of amides is 1. The molecule has 118 valence electrons. The van der Waals surface area contributed by atoms with Crippen molar-refractivity contribution < 1.29 is 9.32 Å². The molecular formula is C17H17N3O2S. The van der Waals surface area contributed by atoms with Gasteiger partial charge in [-0.05, 0) is 50.6 Å². The van der Waals surface area contributed by atoms with Crippen molar-refractivity contribution in [3.05, 3.63) is 34.8 Å². The Labute approximate surface area is 137 Å². The fraction of sp³-hybridized carbons (Fsp3) is 0.353. The first kappa shape index (κ1) is 14.4. The molecule has 0 unspecified atom stereocenters. The van der Waals surface area contributed by atoms with Gasteiger partial charge in [-0.15, -0.1) is 11.3 Å². The predicted molar refractivity (Wildman–Crippen MR) is 89.6 cm³/mol. The first-order valence-corrected chi connectivity index (χ1v) is 8.57. The molecule has 0 atom stereocenters.